The van der Waals surface area contributed by atoms with E-state index in [1.54, 1.807) is 0 Å². The van der Waals surface area contributed by atoms with Crippen LogP contribution in [0.5, 0.6) is 0 Å². The molecule has 0 aliphatic heterocycles. The quantitative estimate of drug-likeness (QED) is 0.596. The first-order chi connectivity index (χ1) is 13.7. The monoisotopic (exact) mass is 381 g/mol. The molecule has 28 heavy (non-hydrogen) atoms. The Hall–Kier alpha value is -2.17. The van der Waals surface area contributed by atoms with E-state index in [0.717, 1.165) is 51.7 Å². The van der Waals surface area contributed by atoms with Crippen LogP contribution in [0.1, 0.15) is 43.2 Å². The third-order valence-electron chi connectivity index (χ3n) is 5.50. The second-order valence-electron chi connectivity index (χ2n) is 7.58. The highest BCUT2D eigenvalue weighted by molar-refractivity contribution is 5.79. The zero-order chi connectivity index (χ0) is 19.7. The molecule has 0 atom stereocenters. The van der Waals surface area contributed by atoms with Crippen molar-refractivity contribution < 1.29 is 14.3 Å². The third-order valence-corrected chi connectivity index (χ3v) is 5.50. The van der Waals surface area contributed by atoms with Crippen molar-refractivity contribution in [2.75, 3.05) is 20.3 Å². The van der Waals surface area contributed by atoms with Crippen molar-refractivity contribution in [1.29, 1.82) is 0 Å². The first kappa shape index (κ1) is 20.6. The van der Waals surface area contributed by atoms with Gasteiger partial charge in [-0.25, -0.2) is 4.79 Å². The predicted molar refractivity (Wildman–Crippen MR) is 111 cm³/mol. The molecule has 0 radical (unpaired) electrons. The number of ether oxygens (including phenoxy) is 2. The highest BCUT2D eigenvalue weighted by Crippen LogP contribution is 2.32. The zero-order valence-corrected chi connectivity index (χ0v) is 16.8. The Balaban J connectivity index is 1.63. The molecular formula is C24H31NO3. The van der Waals surface area contributed by atoms with Crippen LogP contribution in [0, 0.1) is 0 Å². The summed E-state index contributed by atoms with van der Waals surface area (Å²) in [6, 6.07) is 21.0. The molecule has 0 spiro atoms. The van der Waals surface area contributed by atoms with Gasteiger partial charge < -0.3 is 9.47 Å². The Morgan fingerprint density at radius 2 is 1.43 bits per heavy atom. The molecule has 0 amide bonds. The number of benzene rings is 2. The van der Waals surface area contributed by atoms with E-state index < -0.39 is 5.60 Å². The maximum atomic E-state index is 12.4. The van der Waals surface area contributed by atoms with Gasteiger partial charge in [0, 0.05) is 19.6 Å². The number of carbonyl (C=O) groups excluding carboxylic acids is 1. The zero-order valence-electron chi connectivity index (χ0n) is 16.8. The lowest BCUT2D eigenvalue weighted by atomic mass is 9.84. The number of methoxy groups -OCH3 is 1. The first-order valence-corrected chi connectivity index (χ1v) is 10.2. The standard InChI is InChI=1S/C24H31NO3/c1-27-23(26)24(15-9-4-10-16-24)28-18-17-25(19-21-11-5-2-6-12-21)20-22-13-7-3-8-14-22/h2-3,5-8,11-14H,4,9-10,15-20H2,1H3. The molecule has 1 fully saturated rings. The summed E-state index contributed by atoms with van der Waals surface area (Å²) >= 11 is 0. The Morgan fingerprint density at radius 1 is 0.893 bits per heavy atom. The summed E-state index contributed by atoms with van der Waals surface area (Å²) in [5.74, 6) is -0.218. The van der Waals surface area contributed by atoms with Gasteiger partial charge in [-0.2, -0.15) is 0 Å². The molecule has 4 heteroatoms. The molecule has 0 N–H and O–H groups in total. The largest absolute Gasteiger partial charge is 0.467 e. The number of esters is 1. The highest BCUT2D eigenvalue weighted by atomic mass is 16.6. The van der Waals surface area contributed by atoms with Crippen molar-refractivity contribution in [2.24, 2.45) is 0 Å². The van der Waals surface area contributed by atoms with Crippen LogP contribution < -0.4 is 0 Å². The van der Waals surface area contributed by atoms with Crippen LogP contribution in [-0.2, 0) is 27.4 Å². The van der Waals surface area contributed by atoms with Gasteiger partial charge >= 0.3 is 5.97 Å². The minimum absolute atomic E-state index is 0.218. The normalized spacial score (nSPS) is 16.1. The number of hydrogen-bond donors (Lipinski definition) is 0. The van der Waals surface area contributed by atoms with Gasteiger partial charge in [-0.05, 0) is 36.8 Å². The molecule has 2 aromatic rings. The summed E-state index contributed by atoms with van der Waals surface area (Å²) in [5.41, 5.74) is 1.80. The molecule has 1 aliphatic carbocycles. The van der Waals surface area contributed by atoms with E-state index in [1.165, 1.54) is 18.2 Å². The van der Waals surface area contributed by atoms with Gasteiger partial charge in [0.1, 0.15) is 0 Å². The van der Waals surface area contributed by atoms with Gasteiger partial charge in [0.05, 0.1) is 13.7 Å². The van der Waals surface area contributed by atoms with E-state index >= 15 is 0 Å². The summed E-state index contributed by atoms with van der Waals surface area (Å²) in [4.78, 5) is 14.8. The minimum atomic E-state index is -0.752. The fraction of sp³-hybridized carbons (Fsp3) is 0.458. The molecule has 0 saturated heterocycles. The predicted octanol–water partition coefficient (Wildman–Crippen LogP) is 4.58. The van der Waals surface area contributed by atoms with Crippen LogP contribution in [-0.4, -0.2) is 36.7 Å². The maximum Gasteiger partial charge on any atom is 0.338 e. The van der Waals surface area contributed by atoms with Gasteiger partial charge in [-0.15, -0.1) is 0 Å². The Labute approximate surface area is 168 Å². The molecule has 0 bridgehead atoms. The second kappa shape index (κ2) is 10.4. The lowest BCUT2D eigenvalue weighted by Gasteiger charge is -2.35. The lowest BCUT2D eigenvalue weighted by molar-refractivity contribution is -0.175. The minimum Gasteiger partial charge on any atom is -0.467 e. The van der Waals surface area contributed by atoms with Crippen LogP contribution in [0.15, 0.2) is 60.7 Å². The van der Waals surface area contributed by atoms with Crippen molar-refractivity contribution in [1.82, 2.24) is 4.90 Å². The van der Waals surface area contributed by atoms with Crippen molar-refractivity contribution in [2.45, 2.75) is 50.8 Å². The summed E-state index contributed by atoms with van der Waals surface area (Å²) < 4.78 is 11.3. The van der Waals surface area contributed by atoms with Gasteiger partial charge in [-0.1, -0.05) is 67.1 Å². The van der Waals surface area contributed by atoms with Crippen LogP contribution in [0.3, 0.4) is 0 Å². The number of carbonyl (C=O) groups is 1. The molecule has 1 saturated carbocycles. The Bertz CT molecular complexity index is 670. The summed E-state index contributed by atoms with van der Waals surface area (Å²) in [7, 11) is 1.46. The van der Waals surface area contributed by atoms with Gasteiger partial charge in [0.2, 0.25) is 0 Å². The van der Waals surface area contributed by atoms with Crippen LogP contribution in [0.4, 0.5) is 0 Å². The fourth-order valence-corrected chi connectivity index (χ4v) is 3.98. The Kier molecular flexibility index (Phi) is 7.63. The van der Waals surface area contributed by atoms with E-state index in [4.69, 9.17) is 9.47 Å². The van der Waals surface area contributed by atoms with Gasteiger partial charge in [-0.3, -0.25) is 4.90 Å². The molecular weight excluding hydrogens is 350 g/mol. The van der Waals surface area contributed by atoms with E-state index in [9.17, 15) is 4.79 Å². The van der Waals surface area contributed by atoms with E-state index in [-0.39, 0.29) is 5.97 Å². The molecule has 2 aromatic carbocycles. The summed E-state index contributed by atoms with van der Waals surface area (Å²) in [6.07, 6.45) is 4.73. The van der Waals surface area contributed by atoms with Gasteiger partial charge in [0.25, 0.3) is 0 Å². The Morgan fingerprint density at radius 3 is 1.93 bits per heavy atom. The summed E-state index contributed by atoms with van der Waals surface area (Å²) in [6.45, 7) is 2.99. The van der Waals surface area contributed by atoms with Crippen molar-refractivity contribution >= 4 is 5.97 Å². The topological polar surface area (TPSA) is 38.8 Å². The van der Waals surface area contributed by atoms with E-state index in [1.807, 2.05) is 12.1 Å². The first-order valence-electron chi connectivity index (χ1n) is 10.2. The molecule has 3 rings (SSSR count). The maximum absolute atomic E-state index is 12.4. The second-order valence-corrected chi connectivity index (χ2v) is 7.58. The molecule has 0 unspecified atom stereocenters. The highest BCUT2D eigenvalue weighted by Gasteiger charge is 2.41. The van der Waals surface area contributed by atoms with E-state index in [0.29, 0.717) is 6.61 Å². The van der Waals surface area contributed by atoms with E-state index in [2.05, 4.69) is 53.4 Å². The fourth-order valence-electron chi connectivity index (χ4n) is 3.98. The van der Waals surface area contributed by atoms with Gasteiger partial charge in [0.15, 0.2) is 5.60 Å². The lowest BCUT2D eigenvalue weighted by Crippen LogP contribution is -2.45. The van der Waals surface area contributed by atoms with Crippen LogP contribution in [0.2, 0.25) is 0 Å². The third kappa shape index (κ3) is 5.66. The molecule has 0 heterocycles. The number of nitrogens with zero attached hydrogens (tertiary/aromatic N) is 1. The average Bonchev–Trinajstić information content (AvgIpc) is 2.75. The van der Waals surface area contributed by atoms with Crippen LogP contribution >= 0.6 is 0 Å². The number of hydrogen-bond acceptors (Lipinski definition) is 4. The van der Waals surface area contributed by atoms with Crippen molar-refractivity contribution in [3.05, 3.63) is 71.8 Å². The number of rotatable bonds is 9. The summed E-state index contributed by atoms with van der Waals surface area (Å²) in [5, 5.41) is 0. The molecule has 150 valence electrons. The smallest absolute Gasteiger partial charge is 0.338 e. The van der Waals surface area contributed by atoms with Crippen LogP contribution in [0.25, 0.3) is 0 Å². The molecule has 1 aliphatic rings. The van der Waals surface area contributed by atoms with Crippen molar-refractivity contribution in [3.8, 4) is 0 Å². The molecule has 4 nitrogen and oxygen atoms in total. The molecule has 0 aromatic heterocycles. The van der Waals surface area contributed by atoms with Crippen molar-refractivity contribution in [3.63, 3.8) is 0 Å². The SMILES string of the molecule is COC(=O)C1(OCCN(Cc2ccccc2)Cc2ccccc2)CCCCC1. The average molecular weight is 382 g/mol.